The number of hydrogen-bond donors (Lipinski definition) is 6. The molecule has 6 rings (SSSR count). The van der Waals surface area contributed by atoms with Crippen LogP contribution in [0.15, 0.2) is 149 Å². The van der Waals surface area contributed by atoms with Gasteiger partial charge in [-0.1, -0.05) is 106 Å². The first kappa shape index (κ1) is 65.8. The smallest absolute Gasteiger partial charge is 0.368 e. The predicted octanol–water partition coefficient (Wildman–Crippen LogP) is 10.4. The lowest BCUT2D eigenvalue weighted by Crippen LogP contribution is -2.12. The summed E-state index contributed by atoms with van der Waals surface area (Å²) in [5, 5.41) is 3.63. The molecule has 0 aliphatic carbocycles. The van der Waals surface area contributed by atoms with Crippen molar-refractivity contribution in [2.24, 2.45) is 0 Å². The van der Waals surface area contributed by atoms with Crippen molar-refractivity contribution >= 4 is 101 Å². The molecule has 0 aliphatic heterocycles. The Labute approximate surface area is 446 Å². The number of imidazole rings is 3. The van der Waals surface area contributed by atoms with E-state index in [1.54, 1.807) is 92.2 Å². The molecule has 0 fully saturated rings. The largest absolute Gasteiger partial charge is 0.394 e. The van der Waals surface area contributed by atoms with Crippen LogP contribution in [0.4, 0.5) is 0 Å². The van der Waals surface area contributed by atoms with Gasteiger partial charge in [0, 0.05) is 84.0 Å². The molecule has 0 saturated carbocycles. The Hall–Kier alpha value is -4.26. The van der Waals surface area contributed by atoms with Gasteiger partial charge in [0.05, 0.1) is 58.4 Å². The van der Waals surface area contributed by atoms with Gasteiger partial charge < -0.3 is 27.9 Å². The number of benzene rings is 3. The number of nitrogens with zero attached hydrogens (tertiary/aromatic N) is 6. The van der Waals surface area contributed by atoms with Crippen molar-refractivity contribution in [2.75, 3.05) is 19.8 Å². The molecule has 21 nitrogen and oxygen atoms in total. The Bertz CT molecular complexity index is 2540. The minimum Gasteiger partial charge on any atom is -0.368 e. The van der Waals surface area contributed by atoms with Crippen LogP contribution in [-0.4, -0.2) is 101 Å². The number of aromatic nitrogens is 6. The summed E-state index contributed by atoms with van der Waals surface area (Å²) in [7, 11) is -14.0. The first-order valence-electron chi connectivity index (χ1n) is 19.6. The second-order valence-electron chi connectivity index (χ2n) is 13.5. The van der Waals surface area contributed by atoms with Gasteiger partial charge in [0.25, 0.3) is 0 Å². The molecule has 6 N–H and O–H groups in total. The minimum absolute atomic E-state index is 0.169. The fraction of sp³-hybridized carbons (Fsp3) is 0.214. The van der Waals surface area contributed by atoms with E-state index in [0.717, 1.165) is 16.7 Å². The fourth-order valence-electron chi connectivity index (χ4n) is 5.32. The molecule has 0 radical (unpaired) electrons. The maximum atomic E-state index is 8.74. The summed E-state index contributed by atoms with van der Waals surface area (Å²) in [6.07, 6.45) is 20.7. The standard InChI is InChI=1S/3C14H14Cl2N2O.3H2O4S/c3*1-2-7-19-14(9-18-6-5-17-10-18)12-4-3-11(15)8-13(12)16;3*1-5(2,3)4/h3*2-6,8,10,14H,1,7,9H2;3*(H2,1,2,3,4). The zero-order chi connectivity index (χ0) is 54.5. The zero-order valence-corrected chi connectivity index (χ0v) is 44.2. The van der Waals surface area contributed by atoms with Crippen LogP contribution in [0.25, 0.3) is 0 Å². The number of halogens is 6. The van der Waals surface area contributed by atoms with E-state index < -0.39 is 31.2 Å². The van der Waals surface area contributed by atoms with Crippen molar-refractivity contribution < 1.29 is 66.8 Å². The van der Waals surface area contributed by atoms with Crippen LogP contribution in [0.3, 0.4) is 0 Å². The first-order chi connectivity index (χ1) is 33.6. The molecule has 0 aliphatic rings. The maximum Gasteiger partial charge on any atom is 0.394 e. The predicted molar refractivity (Wildman–Crippen MR) is 275 cm³/mol. The highest BCUT2D eigenvalue weighted by Gasteiger charge is 2.18. The number of ether oxygens (including phenoxy) is 3. The Morgan fingerprint density at radius 2 is 0.681 bits per heavy atom. The average molecular weight is 1190 g/mol. The average Bonchev–Trinajstić information content (AvgIpc) is 4.08. The summed E-state index contributed by atoms with van der Waals surface area (Å²) in [6, 6.07) is 16.2. The van der Waals surface area contributed by atoms with Crippen molar-refractivity contribution in [1.29, 1.82) is 0 Å². The van der Waals surface area contributed by atoms with E-state index in [2.05, 4.69) is 34.7 Å². The highest BCUT2D eigenvalue weighted by Crippen LogP contribution is 2.32. The molecule has 0 spiro atoms. The Balaban J connectivity index is 0.000000472. The van der Waals surface area contributed by atoms with Gasteiger partial charge in [0.2, 0.25) is 0 Å². The molecule has 3 unspecified atom stereocenters. The van der Waals surface area contributed by atoms with Crippen LogP contribution < -0.4 is 0 Å². The van der Waals surface area contributed by atoms with Crippen LogP contribution in [0.2, 0.25) is 30.1 Å². The van der Waals surface area contributed by atoms with Crippen molar-refractivity contribution in [3.8, 4) is 0 Å². The van der Waals surface area contributed by atoms with Crippen LogP contribution >= 0.6 is 69.6 Å². The van der Waals surface area contributed by atoms with E-state index >= 15 is 0 Å². The van der Waals surface area contributed by atoms with E-state index in [1.165, 1.54) is 0 Å². The van der Waals surface area contributed by atoms with Gasteiger partial charge in [-0.25, -0.2) is 15.0 Å². The summed E-state index contributed by atoms with van der Waals surface area (Å²) < 4.78 is 118. The van der Waals surface area contributed by atoms with E-state index in [1.807, 2.05) is 50.5 Å². The van der Waals surface area contributed by atoms with Crippen molar-refractivity contribution in [2.45, 2.75) is 37.9 Å². The normalized spacial score (nSPS) is 12.2. The van der Waals surface area contributed by atoms with E-state index in [4.69, 9.17) is 136 Å². The molecule has 3 aromatic carbocycles. The highest BCUT2D eigenvalue weighted by atomic mass is 35.5. The molecular formula is C42H48Cl6N6O15S3. The molecule has 3 heterocycles. The van der Waals surface area contributed by atoms with Crippen molar-refractivity contribution in [1.82, 2.24) is 28.7 Å². The maximum absolute atomic E-state index is 8.74. The number of rotatable bonds is 18. The third-order valence-corrected chi connectivity index (χ3v) is 9.67. The lowest BCUT2D eigenvalue weighted by atomic mass is 10.1. The molecule has 30 heteroatoms. The van der Waals surface area contributed by atoms with E-state index in [0.29, 0.717) is 69.6 Å². The molecule has 0 amide bonds. The van der Waals surface area contributed by atoms with Crippen LogP contribution in [0.5, 0.6) is 0 Å². The summed E-state index contributed by atoms with van der Waals surface area (Å²) in [5.41, 5.74) is 2.71. The van der Waals surface area contributed by atoms with Crippen molar-refractivity contribution in [3.05, 3.63) is 196 Å². The van der Waals surface area contributed by atoms with E-state index in [-0.39, 0.29) is 18.3 Å². The lowest BCUT2D eigenvalue weighted by molar-refractivity contribution is 0.0607. The van der Waals surface area contributed by atoms with Gasteiger partial charge in [-0.05, 0) is 36.4 Å². The van der Waals surface area contributed by atoms with E-state index in [9.17, 15) is 0 Å². The Morgan fingerprint density at radius 3 is 0.847 bits per heavy atom. The fourth-order valence-corrected chi connectivity index (χ4v) is 6.91. The summed E-state index contributed by atoms with van der Waals surface area (Å²) in [6.45, 7) is 14.3. The van der Waals surface area contributed by atoms with Gasteiger partial charge in [0.1, 0.15) is 18.3 Å². The molecule has 3 aromatic heterocycles. The van der Waals surface area contributed by atoms with Crippen molar-refractivity contribution in [3.63, 3.8) is 0 Å². The summed E-state index contributed by atoms with van der Waals surface area (Å²) >= 11 is 36.4. The van der Waals surface area contributed by atoms with Crippen LogP contribution in [0.1, 0.15) is 35.0 Å². The summed E-state index contributed by atoms with van der Waals surface area (Å²) in [5.74, 6) is 0. The Morgan fingerprint density at radius 1 is 0.458 bits per heavy atom. The molecular weight excluding hydrogens is 1140 g/mol. The third-order valence-electron chi connectivity index (χ3n) is 7.98. The lowest BCUT2D eigenvalue weighted by Gasteiger charge is -2.19. The molecule has 0 saturated heterocycles. The second kappa shape index (κ2) is 34.3. The topological polar surface area (TPSA) is 305 Å². The Kier molecular flexibility index (Phi) is 31.3. The SMILES string of the molecule is C=CCOC(Cn1ccnc1)c1ccc(Cl)cc1Cl.C=CCOC(Cn1ccnc1)c1ccc(Cl)cc1Cl.C=CCOC(Cn1ccnc1)c1ccc(Cl)cc1Cl.O=S(=O)(O)O.O=S(=O)(O)O.O=S(=O)(O)O. The summed E-state index contributed by atoms with van der Waals surface area (Å²) in [4.78, 5) is 12.1. The molecule has 396 valence electrons. The van der Waals surface area contributed by atoms with Gasteiger partial charge >= 0.3 is 31.2 Å². The van der Waals surface area contributed by atoms with Gasteiger partial charge in [-0.15, -0.1) is 19.7 Å². The minimum atomic E-state index is -4.67. The van der Waals surface area contributed by atoms with Crippen LogP contribution in [-0.2, 0) is 65.0 Å². The second-order valence-corrected chi connectivity index (χ2v) is 18.7. The monoisotopic (exact) mass is 1180 g/mol. The zero-order valence-electron chi connectivity index (χ0n) is 37.3. The quantitative estimate of drug-likeness (QED) is 0.0344. The van der Waals surface area contributed by atoms with Gasteiger partial charge in [-0.3, -0.25) is 27.3 Å². The van der Waals surface area contributed by atoms with Gasteiger partial charge in [0.15, 0.2) is 0 Å². The molecule has 0 bridgehead atoms. The van der Waals surface area contributed by atoms with Gasteiger partial charge in [-0.2, -0.15) is 25.3 Å². The first-order valence-corrected chi connectivity index (χ1v) is 26.1. The van der Waals surface area contributed by atoms with Crippen LogP contribution in [0, 0.1) is 0 Å². The molecule has 6 aromatic rings. The third kappa shape index (κ3) is 32.7. The molecule has 3 atom stereocenters. The molecule has 72 heavy (non-hydrogen) atoms. The number of hydrogen-bond acceptors (Lipinski definition) is 12. The highest BCUT2D eigenvalue weighted by molar-refractivity contribution is 7.80.